The Labute approximate surface area is 111 Å². The highest BCUT2D eigenvalue weighted by Gasteiger charge is 2.28. The molecule has 0 spiro atoms. The Morgan fingerprint density at radius 1 is 1.28 bits per heavy atom. The molecule has 1 heterocycles. The van der Waals surface area contributed by atoms with E-state index >= 15 is 0 Å². The van der Waals surface area contributed by atoms with Gasteiger partial charge in [-0.2, -0.15) is 0 Å². The molecule has 2 fully saturated rings. The highest BCUT2D eigenvalue weighted by atomic mass is 16.1. The summed E-state index contributed by atoms with van der Waals surface area (Å²) in [6.45, 7) is 5.46. The lowest BCUT2D eigenvalue weighted by Crippen LogP contribution is -2.34. The summed E-state index contributed by atoms with van der Waals surface area (Å²) < 4.78 is 0. The topological polar surface area (TPSA) is 41.1 Å². The van der Waals surface area contributed by atoms with Gasteiger partial charge in [-0.25, -0.2) is 0 Å². The van der Waals surface area contributed by atoms with Crippen molar-refractivity contribution in [1.29, 1.82) is 0 Å². The molecule has 0 aromatic carbocycles. The molecule has 0 bridgehead atoms. The number of carbonyl (C=O) groups excluding carboxylic acids is 1. The van der Waals surface area contributed by atoms with Gasteiger partial charge in [0.05, 0.1) is 0 Å². The molecular formula is C15H28N2O. The molecule has 0 aromatic rings. The van der Waals surface area contributed by atoms with Crippen molar-refractivity contribution in [2.45, 2.75) is 58.3 Å². The lowest BCUT2D eigenvalue weighted by Gasteiger charge is -2.25. The smallest absolute Gasteiger partial charge is 0.220 e. The van der Waals surface area contributed by atoms with E-state index in [4.69, 9.17) is 0 Å². The third-order valence-electron chi connectivity index (χ3n) is 4.76. The van der Waals surface area contributed by atoms with Crippen LogP contribution in [-0.4, -0.2) is 25.5 Å². The minimum absolute atomic E-state index is 0.265. The third kappa shape index (κ3) is 4.27. The molecule has 1 aliphatic heterocycles. The summed E-state index contributed by atoms with van der Waals surface area (Å²) >= 11 is 0. The number of amides is 1. The third-order valence-corrected chi connectivity index (χ3v) is 4.76. The fourth-order valence-corrected chi connectivity index (χ4v) is 3.31. The number of hydrogen-bond donors (Lipinski definition) is 2. The molecule has 1 amide bonds. The van der Waals surface area contributed by atoms with E-state index in [0.29, 0.717) is 5.41 Å². The molecule has 2 rings (SSSR count). The first kappa shape index (κ1) is 13.9. The van der Waals surface area contributed by atoms with Crippen LogP contribution in [0, 0.1) is 11.3 Å². The number of rotatable bonds is 5. The summed E-state index contributed by atoms with van der Waals surface area (Å²) in [5.74, 6) is 1.03. The zero-order chi connectivity index (χ0) is 12.8. The van der Waals surface area contributed by atoms with Gasteiger partial charge in [-0.15, -0.1) is 0 Å². The summed E-state index contributed by atoms with van der Waals surface area (Å²) in [5.41, 5.74) is 0.379. The Bertz CT molecular complexity index is 266. The SMILES string of the molecule is CC1(CNC(=O)CCC2CCNCC2)CCCC1. The Kier molecular flexibility index (Phi) is 5.04. The maximum Gasteiger partial charge on any atom is 0.220 e. The van der Waals surface area contributed by atoms with Crippen LogP contribution in [0.3, 0.4) is 0 Å². The monoisotopic (exact) mass is 252 g/mol. The van der Waals surface area contributed by atoms with E-state index < -0.39 is 0 Å². The summed E-state index contributed by atoms with van der Waals surface area (Å²) in [6, 6.07) is 0. The number of carbonyl (C=O) groups is 1. The number of nitrogens with one attached hydrogen (secondary N) is 2. The van der Waals surface area contributed by atoms with Gasteiger partial charge in [-0.3, -0.25) is 4.79 Å². The molecule has 1 aliphatic carbocycles. The van der Waals surface area contributed by atoms with E-state index in [0.717, 1.165) is 38.4 Å². The maximum absolute atomic E-state index is 11.9. The minimum Gasteiger partial charge on any atom is -0.356 e. The maximum atomic E-state index is 11.9. The van der Waals surface area contributed by atoms with Crippen LogP contribution in [0.25, 0.3) is 0 Å². The second-order valence-corrected chi connectivity index (χ2v) is 6.53. The van der Waals surface area contributed by atoms with Crippen LogP contribution >= 0.6 is 0 Å². The van der Waals surface area contributed by atoms with E-state index in [1.165, 1.54) is 38.5 Å². The normalized spacial score (nSPS) is 24.1. The van der Waals surface area contributed by atoms with Gasteiger partial charge in [0.25, 0.3) is 0 Å². The highest BCUT2D eigenvalue weighted by molar-refractivity contribution is 5.75. The quantitative estimate of drug-likeness (QED) is 0.789. The van der Waals surface area contributed by atoms with Crippen LogP contribution in [0.5, 0.6) is 0 Å². The second kappa shape index (κ2) is 6.55. The molecule has 3 heteroatoms. The molecular weight excluding hydrogens is 224 g/mol. The molecule has 3 nitrogen and oxygen atoms in total. The van der Waals surface area contributed by atoms with Crippen molar-refractivity contribution >= 4 is 5.91 Å². The van der Waals surface area contributed by atoms with Gasteiger partial charge in [0.1, 0.15) is 0 Å². The Balaban J connectivity index is 1.59. The van der Waals surface area contributed by atoms with Crippen molar-refractivity contribution in [2.75, 3.05) is 19.6 Å². The zero-order valence-electron chi connectivity index (χ0n) is 11.8. The average Bonchev–Trinajstić information content (AvgIpc) is 2.83. The van der Waals surface area contributed by atoms with Gasteiger partial charge in [0.2, 0.25) is 5.91 Å². The molecule has 0 aromatic heterocycles. The molecule has 0 atom stereocenters. The second-order valence-electron chi connectivity index (χ2n) is 6.53. The fourth-order valence-electron chi connectivity index (χ4n) is 3.31. The number of piperidine rings is 1. The van der Waals surface area contributed by atoms with Gasteiger partial charge in [0, 0.05) is 13.0 Å². The molecule has 0 radical (unpaired) electrons. The molecule has 2 N–H and O–H groups in total. The van der Waals surface area contributed by atoms with Crippen LogP contribution in [0.1, 0.15) is 58.3 Å². The van der Waals surface area contributed by atoms with Crippen LogP contribution in [0.2, 0.25) is 0 Å². The van der Waals surface area contributed by atoms with Crippen LogP contribution in [-0.2, 0) is 4.79 Å². The molecule has 2 aliphatic rings. The van der Waals surface area contributed by atoms with E-state index in [2.05, 4.69) is 17.6 Å². The Morgan fingerprint density at radius 2 is 1.94 bits per heavy atom. The lowest BCUT2D eigenvalue weighted by atomic mass is 9.88. The van der Waals surface area contributed by atoms with Crippen molar-refractivity contribution < 1.29 is 4.79 Å². The van der Waals surface area contributed by atoms with Crippen molar-refractivity contribution in [1.82, 2.24) is 10.6 Å². The van der Waals surface area contributed by atoms with Crippen molar-refractivity contribution in [3.8, 4) is 0 Å². The van der Waals surface area contributed by atoms with Crippen LogP contribution in [0.15, 0.2) is 0 Å². The van der Waals surface area contributed by atoms with Gasteiger partial charge < -0.3 is 10.6 Å². The first-order chi connectivity index (χ1) is 8.68. The van der Waals surface area contributed by atoms with Crippen molar-refractivity contribution in [3.05, 3.63) is 0 Å². The largest absolute Gasteiger partial charge is 0.356 e. The molecule has 0 unspecified atom stereocenters. The summed E-state index contributed by atoms with van der Waals surface area (Å²) in [7, 11) is 0. The molecule has 1 saturated heterocycles. The predicted molar refractivity (Wildman–Crippen MR) is 74.4 cm³/mol. The molecule has 18 heavy (non-hydrogen) atoms. The number of hydrogen-bond acceptors (Lipinski definition) is 2. The van der Waals surface area contributed by atoms with Crippen LogP contribution in [0.4, 0.5) is 0 Å². The Morgan fingerprint density at radius 3 is 2.61 bits per heavy atom. The van der Waals surface area contributed by atoms with Gasteiger partial charge in [0.15, 0.2) is 0 Å². The van der Waals surface area contributed by atoms with E-state index in [9.17, 15) is 4.79 Å². The molecule has 1 saturated carbocycles. The summed E-state index contributed by atoms with van der Waals surface area (Å²) in [6.07, 6.45) is 9.51. The average molecular weight is 252 g/mol. The van der Waals surface area contributed by atoms with Crippen LogP contribution < -0.4 is 10.6 Å². The fraction of sp³-hybridized carbons (Fsp3) is 0.933. The first-order valence-corrected chi connectivity index (χ1v) is 7.65. The van der Waals surface area contributed by atoms with Gasteiger partial charge >= 0.3 is 0 Å². The predicted octanol–water partition coefficient (Wildman–Crippen LogP) is 2.46. The zero-order valence-corrected chi connectivity index (χ0v) is 11.8. The van der Waals surface area contributed by atoms with Crippen molar-refractivity contribution in [2.24, 2.45) is 11.3 Å². The lowest BCUT2D eigenvalue weighted by molar-refractivity contribution is -0.121. The molecule has 104 valence electrons. The standard InChI is InChI=1S/C15H28N2O/c1-15(8-2-3-9-15)12-17-14(18)5-4-13-6-10-16-11-7-13/h13,16H,2-12H2,1H3,(H,17,18). The minimum atomic E-state index is 0.265. The highest BCUT2D eigenvalue weighted by Crippen LogP contribution is 2.36. The Hall–Kier alpha value is -0.570. The first-order valence-electron chi connectivity index (χ1n) is 7.65. The summed E-state index contributed by atoms with van der Waals surface area (Å²) in [5, 5.41) is 6.52. The van der Waals surface area contributed by atoms with Crippen molar-refractivity contribution in [3.63, 3.8) is 0 Å². The van der Waals surface area contributed by atoms with E-state index in [1.54, 1.807) is 0 Å². The van der Waals surface area contributed by atoms with E-state index in [1.807, 2.05) is 0 Å². The van der Waals surface area contributed by atoms with E-state index in [-0.39, 0.29) is 5.91 Å². The van der Waals surface area contributed by atoms with Gasteiger partial charge in [-0.05, 0) is 56.5 Å². The van der Waals surface area contributed by atoms with Gasteiger partial charge in [-0.1, -0.05) is 19.8 Å². The summed E-state index contributed by atoms with van der Waals surface area (Å²) in [4.78, 5) is 11.9.